The van der Waals surface area contributed by atoms with Crippen molar-refractivity contribution in [2.75, 3.05) is 17.8 Å². The smallest absolute Gasteiger partial charge is 0.335 e. The summed E-state index contributed by atoms with van der Waals surface area (Å²) in [5, 5.41) is 8.85. The predicted octanol–water partition coefficient (Wildman–Crippen LogP) is 3.17. The topological polar surface area (TPSA) is 66.8 Å². The lowest BCUT2D eigenvalue weighted by Crippen LogP contribution is -2.27. The van der Waals surface area contributed by atoms with E-state index < -0.39 is 5.97 Å². The van der Waals surface area contributed by atoms with Crippen molar-refractivity contribution < 1.29 is 19.4 Å². The number of rotatable bonds is 4. The van der Waals surface area contributed by atoms with E-state index in [9.17, 15) is 9.59 Å². The van der Waals surface area contributed by atoms with E-state index in [4.69, 9.17) is 9.84 Å². The van der Waals surface area contributed by atoms with Crippen molar-refractivity contribution >= 4 is 29.3 Å². The van der Waals surface area contributed by atoms with E-state index in [1.807, 2.05) is 24.3 Å². The van der Waals surface area contributed by atoms with Crippen LogP contribution in [-0.4, -0.2) is 29.8 Å². The van der Waals surface area contributed by atoms with Gasteiger partial charge in [0, 0.05) is 5.69 Å². The van der Waals surface area contributed by atoms with Crippen LogP contribution in [0.1, 0.15) is 21.3 Å². The molecule has 0 radical (unpaired) electrons. The number of carbonyl (C=O) groups is 2. The van der Waals surface area contributed by atoms with E-state index in [0.29, 0.717) is 11.4 Å². The van der Waals surface area contributed by atoms with Gasteiger partial charge in [0.2, 0.25) is 5.91 Å². The molecule has 0 aromatic heterocycles. The number of anilines is 1. The summed E-state index contributed by atoms with van der Waals surface area (Å²) in [4.78, 5) is 24.9. The van der Waals surface area contributed by atoms with Crippen LogP contribution >= 0.6 is 11.8 Å². The van der Waals surface area contributed by atoms with Crippen LogP contribution in [0.4, 0.5) is 5.69 Å². The second kappa shape index (κ2) is 6.34. The number of amides is 1. The second-order valence-corrected chi connectivity index (χ2v) is 6.12. The molecule has 0 spiro atoms. The highest BCUT2D eigenvalue weighted by atomic mass is 32.2. The maximum absolute atomic E-state index is 12.3. The van der Waals surface area contributed by atoms with Crippen LogP contribution in [0.2, 0.25) is 0 Å². The standard InChI is InChI=1S/C17H15NO4S/c1-22-14-8-4-11(5-9-14)16-18(15(19)10-23-16)13-6-2-12(3-7-13)17(20)21/h2-9,16H,10H2,1H3,(H,20,21). The van der Waals surface area contributed by atoms with Crippen LogP contribution in [0.15, 0.2) is 48.5 Å². The van der Waals surface area contributed by atoms with Crippen molar-refractivity contribution in [1.29, 1.82) is 0 Å². The van der Waals surface area contributed by atoms with Crippen molar-refractivity contribution in [3.8, 4) is 5.75 Å². The molecule has 0 aliphatic carbocycles. The molecule has 0 saturated carbocycles. The zero-order chi connectivity index (χ0) is 16.4. The molecule has 1 atom stereocenters. The number of ether oxygens (including phenoxy) is 1. The number of carboxylic acid groups (broad SMARTS) is 1. The lowest BCUT2D eigenvalue weighted by molar-refractivity contribution is -0.115. The molecule has 1 aliphatic heterocycles. The van der Waals surface area contributed by atoms with Gasteiger partial charge in [0.15, 0.2) is 0 Å². The molecule has 1 amide bonds. The van der Waals surface area contributed by atoms with Gasteiger partial charge in [-0.2, -0.15) is 0 Å². The monoisotopic (exact) mass is 329 g/mol. The van der Waals surface area contributed by atoms with Gasteiger partial charge in [0.1, 0.15) is 11.1 Å². The molecule has 1 aliphatic rings. The highest BCUT2D eigenvalue weighted by molar-refractivity contribution is 8.00. The van der Waals surface area contributed by atoms with Gasteiger partial charge in [-0.3, -0.25) is 9.69 Å². The fraction of sp³-hybridized carbons (Fsp3) is 0.176. The summed E-state index contributed by atoms with van der Waals surface area (Å²) in [6, 6.07) is 14.0. The van der Waals surface area contributed by atoms with Crippen LogP contribution in [-0.2, 0) is 4.79 Å². The van der Waals surface area contributed by atoms with Gasteiger partial charge in [-0.15, -0.1) is 11.8 Å². The number of hydrogen-bond donors (Lipinski definition) is 1. The molecule has 23 heavy (non-hydrogen) atoms. The minimum atomic E-state index is -0.981. The Kier molecular flexibility index (Phi) is 4.25. The molecular formula is C17H15NO4S. The molecule has 1 heterocycles. The van der Waals surface area contributed by atoms with Gasteiger partial charge in [0.25, 0.3) is 0 Å². The number of hydrogen-bond acceptors (Lipinski definition) is 4. The molecule has 2 aromatic carbocycles. The molecular weight excluding hydrogens is 314 g/mol. The number of aromatic carboxylic acids is 1. The zero-order valence-electron chi connectivity index (χ0n) is 12.4. The first-order valence-electron chi connectivity index (χ1n) is 7.01. The number of benzene rings is 2. The van der Waals surface area contributed by atoms with Gasteiger partial charge in [0.05, 0.1) is 18.4 Å². The summed E-state index contributed by atoms with van der Waals surface area (Å²) in [5.74, 6) is 0.196. The first-order chi connectivity index (χ1) is 11.1. The van der Waals surface area contributed by atoms with Crippen molar-refractivity contribution in [2.24, 2.45) is 0 Å². The average molecular weight is 329 g/mol. The number of carboxylic acids is 1. The van der Waals surface area contributed by atoms with E-state index >= 15 is 0 Å². The van der Waals surface area contributed by atoms with Gasteiger partial charge in [-0.05, 0) is 42.0 Å². The van der Waals surface area contributed by atoms with Crippen LogP contribution < -0.4 is 9.64 Å². The summed E-state index contributed by atoms with van der Waals surface area (Å²) < 4.78 is 5.16. The average Bonchev–Trinajstić information content (AvgIpc) is 2.96. The van der Waals surface area contributed by atoms with Crippen molar-refractivity contribution in [1.82, 2.24) is 0 Å². The second-order valence-electron chi connectivity index (χ2n) is 5.05. The van der Waals surface area contributed by atoms with Crippen LogP contribution in [0.3, 0.4) is 0 Å². The van der Waals surface area contributed by atoms with Crippen molar-refractivity contribution in [2.45, 2.75) is 5.37 Å². The maximum Gasteiger partial charge on any atom is 0.335 e. The molecule has 6 heteroatoms. The minimum absolute atomic E-state index is 0.0129. The maximum atomic E-state index is 12.3. The Bertz CT molecular complexity index is 727. The van der Waals surface area contributed by atoms with Crippen LogP contribution in [0.5, 0.6) is 5.75 Å². The summed E-state index contributed by atoms with van der Waals surface area (Å²) >= 11 is 1.55. The number of methoxy groups -OCH3 is 1. The van der Waals surface area contributed by atoms with Crippen LogP contribution in [0.25, 0.3) is 0 Å². The zero-order valence-corrected chi connectivity index (χ0v) is 13.2. The Morgan fingerprint density at radius 3 is 2.39 bits per heavy atom. The van der Waals surface area contributed by atoms with Crippen LogP contribution in [0, 0.1) is 0 Å². The SMILES string of the molecule is COc1ccc(C2SCC(=O)N2c2ccc(C(=O)O)cc2)cc1. The third-order valence-corrected chi connectivity index (χ3v) is 4.87. The van der Waals surface area contributed by atoms with Gasteiger partial charge in [-0.1, -0.05) is 12.1 Å². The van der Waals surface area contributed by atoms with E-state index in [-0.39, 0.29) is 16.8 Å². The van der Waals surface area contributed by atoms with Gasteiger partial charge < -0.3 is 9.84 Å². The first kappa shape index (κ1) is 15.4. The Labute approximate surface area is 137 Å². The fourth-order valence-corrected chi connectivity index (χ4v) is 3.66. The Hall–Kier alpha value is -2.47. The molecule has 1 saturated heterocycles. The molecule has 1 N–H and O–H groups in total. The molecule has 2 aromatic rings. The Morgan fingerprint density at radius 2 is 1.83 bits per heavy atom. The molecule has 1 unspecified atom stereocenters. The summed E-state index contributed by atoms with van der Waals surface area (Å²) in [5.41, 5.74) is 1.91. The van der Waals surface area contributed by atoms with E-state index in [2.05, 4.69) is 0 Å². The molecule has 5 nitrogen and oxygen atoms in total. The first-order valence-corrected chi connectivity index (χ1v) is 8.06. The number of carbonyl (C=O) groups excluding carboxylic acids is 1. The molecule has 1 fully saturated rings. The predicted molar refractivity (Wildman–Crippen MR) is 89.1 cm³/mol. The Morgan fingerprint density at radius 1 is 1.17 bits per heavy atom. The van der Waals surface area contributed by atoms with Crippen molar-refractivity contribution in [3.63, 3.8) is 0 Å². The number of nitrogens with zero attached hydrogens (tertiary/aromatic N) is 1. The normalized spacial score (nSPS) is 17.3. The Balaban J connectivity index is 1.91. The van der Waals surface area contributed by atoms with Gasteiger partial charge >= 0.3 is 5.97 Å². The molecule has 118 valence electrons. The summed E-state index contributed by atoms with van der Waals surface area (Å²) in [6.07, 6.45) is 0. The lowest BCUT2D eigenvalue weighted by atomic mass is 10.1. The van der Waals surface area contributed by atoms with Gasteiger partial charge in [-0.25, -0.2) is 4.79 Å². The lowest BCUT2D eigenvalue weighted by Gasteiger charge is -2.24. The molecule has 0 bridgehead atoms. The third kappa shape index (κ3) is 3.03. The van der Waals surface area contributed by atoms with E-state index in [1.54, 1.807) is 35.9 Å². The number of thioether (sulfide) groups is 1. The van der Waals surface area contributed by atoms with E-state index in [0.717, 1.165) is 11.3 Å². The summed E-state index contributed by atoms with van der Waals surface area (Å²) in [7, 11) is 1.61. The van der Waals surface area contributed by atoms with Crippen molar-refractivity contribution in [3.05, 3.63) is 59.7 Å². The highest BCUT2D eigenvalue weighted by Crippen LogP contribution is 2.42. The van der Waals surface area contributed by atoms with E-state index in [1.165, 1.54) is 12.1 Å². The minimum Gasteiger partial charge on any atom is -0.497 e. The fourth-order valence-electron chi connectivity index (χ4n) is 2.48. The third-order valence-electron chi connectivity index (χ3n) is 3.66. The summed E-state index contributed by atoms with van der Waals surface area (Å²) in [6.45, 7) is 0. The quantitative estimate of drug-likeness (QED) is 0.933. The highest BCUT2D eigenvalue weighted by Gasteiger charge is 2.34. The largest absolute Gasteiger partial charge is 0.497 e. The molecule has 3 rings (SSSR count).